The van der Waals surface area contributed by atoms with Gasteiger partial charge in [-0.3, -0.25) is 0 Å². The van der Waals surface area contributed by atoms with E-state index in [4.69, 9.17) is 0 Å². The third-order valence-corrected chi connectivity index (χ3v) is 5.18. The Morgan fingerprint density at radius 3 is 3.06 bits per heavy atom. The fourth-order valence-electron chi connectivity index (χ4n) is 3.30. The van der Waals surface area contributed by atoms with Gasteiger partial charge in [0.25, 0.3) is 0 Å². The molecule has 1 heterocycles. The lowest BCUT2D eigenvalue weighted by Crippen LogP contribution is -2.32. The summed E-state index contributed by atoms with van der Waals surface area (Å²) < 4.78 is 0. The predicted octanol–water partition coefficient (Wildman–Crippen LogP) is 3.90. The second kappa shape index (κ2) is 4.50. The van der Waals surface area contributed by atoms with Gasteiger partial charge in [-0.05, 0) is 61.5 Å². The topological polar surface area (TPSA) is 12.0 Å². The average Bonchev–Trinajstić information content (AvgIpc) is 2.87. The lowest BCUT2D eigenvalue weighted by Gasteiger charge is -2.27. The summed E-state index contributed by atoms with van der Waals surface area (Å²) >= 11 is 1.95. The molecule has 2 aliphatic carbocycles. The molecule has 2 aliphatic rings. The van der Waals surface area contributed by atoms with Gasteiger partial charge in [0, 0.05) is 17.0 Å². The fraction of sp³-hybridized carbons (Fsp3) is 0.714. The Labute approximate surface area is 102 Å². The van der Waals surface area contributed by atoms with E-state index < -0.39 is 0 Å². The molecule has 1 fully saturated rings. The Bertz CT molecular complexity index is 357. The van der Waals surface area contributed by atoms with Crippen molar-refractivity contribution >= 4 is 11.3 Å². The van der Waals surface area contributed by atoms with Gasteiger partial charge in [0.1, 0.15) is 0 Å². The van der Waals surface area contributed by atoms with E-state index in [-0.39, 0.29) is 0 Å². The number of rotatable bonds is 2. The number of hydrogen-bond donors (Lipinski definition) is 1. The Balaban J connectivity index is 1.68. The van der Waals surface area contributed by atoms with Gasteiger partial charge in [-0.15, -0.1) is 11.3 Å². The molecular weight excluding hydrogens is 214 g/mol. The van der Waals surface area contributed by atoms with E-state index in [1.54, 1.807) is 10.4 Å². The Hall–Kier alpha value is -0.340. The van der Waals surface area contributed by atoms with Crippen LogP contribution in [0.1, 0.15) is 55.5 Å². The molecule has 3 unspecified atom stereocenters. The van der Waals surface area contributed by atoms with Crippen LogP contribution in [0.4, 0.5) is 0 Å². The van der Waals surface area contributed by atoms with E-state index in [1.807, 2.05) is 11.3 Å². The van der Waals surface area contributed by atoms with Crippen molar-refractivity contribution in [2.45, 2.75) is 57.5 Å². The zero-order chi connectivity index (χ0) is 11.0. The third-order valence-electron chi connectivity index (χ3n) is 4.18. The van der Waals surface area contributed by atoms with E-state index in [2.05, 4.69) is 23.7 Å². The maximum atomic E-state index is 3.90. The Morgan fingerprint density at radius 1 is 1.31 bits per heavy atom. The first-order valence-electron chi connectivity index (χ1n) is 6.65. The fourth-order valence-corrected chi connectivity index (χ4v) is 4.29. The zero-order valence-electron chi connectivity index (χ0n) is 10.0. The summed E-state index contributed by atoms with van der Waals surface area (Å²) in [5, 5.41) is 6.16. The summed E-state index contributed by atoms with van der Waals surface area (Å²) in [6.07, 6.45) is 8.21. The molecule has 1 saturated carbocycles. The third kappa shape index (κ3) is 2.05. The molecule has 0 aliphatic heterocycles. The monoisotopic (exact) mass is 235 g/mol. The van der Waals surface area contributed by atoms with Crippen molar-refractivity contribution < 1.29 is 0 Å². The second-order valence-electron chi connectivity index (χ2n) is 5.53. The van der Waals surface area contributed by atoms with Crippen molar-refractivity contribution in [3.63, 3.8) is 0 Å². The molecule has 0 saturated heterocycles. The minimum atomic E-state index is 0.658. The van der Waals surface area contributed by atoms with Gasteiger partial charge in [0.05, 0.1) is 0 Å². The SMILES string of the molecule is CC1CCC(NC2CCCc3sccc32)C1. The highest BCUT2D eigenvalue weighted by atomic mass is 32.1. The quantitative estimate of drug-likeness (QED) is 0.819. The van der Waals surface area contributed by atoms with Gasteiger partial charge in [-0.1, -0.05) is 6.92 Å². The maximum absolute atomic E-state index is 3.90. The van der Waals surface area contributed by atoms with Gasteiger partial charge in [0.15, 0.2) is 0 Å². The Kier molecular flexibility index (Phi) is 3.03. The summed E-state index contributed by atoms with van der Waals surface area (Å²) in [4.78, 5) is 1.63. The molecule has 0 amide bonds. The van der Waals surface area contributed by atoms with Crippen LogP contribution in [0.2, 0.25) is 0 Å². The minimum Gasteiger partial charge on any atom is -0.307 e. The van der Waals surface area contributed by atoms with Crippen LogP contribution in [0.25, 0.3) is 0 Å². The van der Waals surface area contributed by atoms with Crippen LogP contribution < -0.4 is 5.32 Å². The molecule has 88 valence electrons. The molecule has 0 bridgehead atoms. The van der Waals surface area contributed by atoms with Crippen molar-refractivity contribution in [1.82, 2.24) is 5.32 Å². The van der Waals surface area contributed by atoms with Crippen LogP contribution in [0.15, 0.2) is 11.4 Å². The van der Waals surface area contributed by atoms with Crippen LogP contribution in [0.5, 0.6) is 0 Å². The van der Waals surface area contributed by atoms with Crippen LogP contribution in [-0.4, -0.2) is 6.04 Å². The van der Waals surface area contributed by atoms with Crippen molar-refractivity contribution in [3.05, 3.63) is 21.9 Å². The summed E-state index contributed by atoms with van der Waals surface area (Å²) in [5.74, 6) is 0.933. The Morgan fingerprint density at radius 2 is 2.25 bits per heavy atom. The van der Waals surface area contributed by atoms with Crippen molar-refractivity contribution in [2.24, 2.45) is 5.92 Å². The smallest absolute Gasteiger partial charge is 0.0333 e. The molecule has 0 radical (unpaired) electrons. The molecule has 1 N–H and O–H groups in total. The molecule has 0 aromatic carbocycles. The summed E-state index contributed by atoms with van der Waals surface area (Å²) in [6.45, 7) is 2.39. The first-order valence-corrected chi connectivity index (χ1v) is 7.53. The molecule has 2 heteroatoms. The van der Waals surface area contributed by atoms with E-state index in [0.29, 0.717) is 6.04 Å². The summed E-state index contributed by atoms with van der Waals surface area (Å²) in [5.41, 5.74) is 1.61. The van der Waals surface area contributed by atoms with E-state index in [0.717, 1.165) is 12.0 Å². The van der Waals surface area contributed by atoms with Gasteiger partial charge in [-0.2, -0.15) is 0 Å². The maximum Gasteiger partial charge on any atom is 0.0333 e. The molecule has 1 aromatic rings. The van der Waals surface area contributed by atoms with Crippen LogP contribution in [0, 0.1) is 5.92 Å². The highest BCUT2D eigenvalue weighted by Gasteiger charge is 2.27. The summed E-state index contributed by atoms with van der Waals surface area (Å²) in [6, 6.07) is 3.78. The van der Waals surface area contributed by atoms with Crippen LogP contribution in [-0.2, 0) is 6.42 Å². The van der Waals surface area contributed by atoms with Crippen molar-refractivity contribution in [3.8, 4) is 0 Å². The molecule has 16 heavy (non-hydrogen) atoms. The van der Waals surface area contributed by atoms with Gasteiger partial charge in [-0.25, -0.2) is 0 Å². The zero-order valence-corrected chi connectivity index (χ0v) is 10.9. The molecule has 0 spiro atoms. The van der Waals surface area contributed by atoms with Gasteiger partial charge >= 0.3 is 0 Å². The van der Waals surface area contributed by atoms with Crippen molar-refractivity contribution in [1.29, 1.82) is 0 Å². The number of nitrogens with one attached hydrogen (secondary N) is 1. The normalized spacial score (nSPS) is 33.9. The molecule has 1 aromatic heterocycles. The lowest BCUT2D eigenvalue weighted by atomic mass is 9.93. The highest BCUT2D eigenvalue weighted by molar-refractivity contribution is 7.10. The largest absolute Gasteiger partial charge is 0.307 e. The number of aryl methyl sites for hydroxylation is 1. The predicted molar refractivity (Wildman–Crippen MR) is 69.9 cm³/mol. The number of fused-ring (bicyclic) bond motifs is 1. The van der Waals surface area contributed by atoms with E-state index in [1.165, 1.54) is 38.5 Å². The average molecular weight is 235 g/mol. The molecule has 3 atom stereocenters. The molecule has 3 rings (SSSR count). The molecular formula is C14H21NS. The first-order chi connectivity index (χ1) is 7.83. The van der Waals surface area contributed by atoms with E-state index >= 15 is 0 Å². The van der Waals surface area contributed by atoms with Crippen LogP contribution in [0.3, 0.4) is 0 Å². The van der Waals surface area contributed by atoms with Crippen LogP contribution >= 0.6 is 11.3 Å². The highest BCUT2D eigenvalue weighted by Crippen LogP contribution is 2.35. The second-order valence-corrected chi connectivity index (χ2v) is 6.53. The van der Waals surface area contributed by atoms with Crippen molar-refractivity contribution in [2.75, 3.05) is 0 Å². The lowest BCUT2D eigenvalue weighted by molar-refractivity contribution is 0.393. The first kappa shape index (κ1) is 10.8. The van der Waals surface area contributed by atoms with Gasteiger partial charge in [0.2, 0.25) is 0 Å². The van der Waals surface area contributed by atoms with Gasteiger partial charge < -0.3 is 5.32 Å². The summed E-state index contributed by atoms with van der Waals surface area (Å²) in [7, 11) is 0. The number of hydrogen-bond acceptors (Lipinski definition) is 2. The number of thiophene rings is 1. The van der Waals surface area contributed by atoms with E-state index in [9.17, 15) is 0 Å². The minimum absolute atomic E-state index is 0.658. The molecule has 1 nitrogen and oxygen atoms in total. The standard InChI is InChI=1S/C14H21NS/c1-10-5-6-11(9-10)15-13-3-2-4-14-12(13)7-8-16-14/h7-8,10-11,13,15H,2-6,9H2,1H3.